The smallest absolute Gasteiger partial charge is 0.0985 e. The highest BCUT2D eigenvalue weighted by atomic mass is 16.5. The van der Waals surface area contributed by atoms with Crippen molar-refractivity contribution in [1.29, 1.82) is 0 Å². The second-order valence-electron chi connectivity index (χ2n) is 3.70. The van der Waals surface area contributed by atoms with Gasteiger partial charge in [0.2, 0.25) is 0 Å². The molecule has 0 aromatic heterocycles. The van der Waals surface area contributed by atoms with Gasteiger partial charge in [0.05, 0.1) is 11.7 Å². The summed E-state index contributed by atoms with van der Waals surface area (Å²) in [6.07, 6.45) is 3.73. The maximum Gasteiger partial charge on any atom is 0.0985 e. The second-order valence-corrected chi connectivity index (χ2v) is 3.70. The van der Waals surface area contributed by atoms with Crippen LogP contribution in [0.2, 0.25) is 0 Å². The molecule has 2 saturated heterocycles. The van der Waals surface area contributed by atoms with E-state index in [0.29, 0.717) is 0 Å². The molecule has 0 aliphatic carbocycles. The van der Waals surface area contributed by atoms with Crippen molar-refractivity contribution in [1.82, 2.24) is 5.32 Å². The average molecular weight is 171 g/mol. The molecule has 1 spiro atoms. The van der Waals surface area contributed by atoms with Gasteiger partial charge in [-0.2, -0.15) is 0 Å². The van der Waals surface area contributed by atoms with Gasteiger partial charge < -0.3 is 14.8 Å². The van der Waals surface area contributed by atoms with Crippen molar-refractivity contribution in [2.45, 2.75) is 31.0 Å². The van der Waals surface area contributed by atoms with Crippen LogP contribution < -0.4 is 5.32 Å². The molecule has 12 heavy (non-hydrogen) atoms. The molecule has 1 N–H and O–H groups in total. The Labute approximate surface area is 73.4 Å². The van der Waals surface area contributed by atoms with E-state index >= 15 is 0 Å². The minimum absolute atomic E-state index is 0.0556. The van der Waals surface area contributed by atoms with E-state index in [1.54, 1.807) is 7.11 Å². The number of methoxy groups -OCH3 is 1. The van der Waals surface area contributed by atoms with Gasteiger partial charge in [0.15, 0.2) is 0 Å². The SMILES string of the molecule is COC1CNCCC12CCCO2. The Balaban J connectivity index is 2.07. The highest BCUT2D eigenvalue weighted by Crippen LogP contribution is 2.35. The lowest BCUT2D eigenvalue weighted by Crippen LogP contribution is -2.54. The maximum atomic E-state index is 5.82. The van der Waals surface area contributed by atoms with Crippen LogP contribution in [0.5, 0.6) is 0 Å². The summed E-state index contributed by atoms with van der Waals surface area (Å²) < 4.78 is 11.3. The zero-order valence-electron chi connectivity index (χ0n) is 7.64. The average Bonchev–Trinajstić information content (AvgIpc) is 2.55. The second kappa shape index (κ2) is 3.32. The molecule has 0 aromatic rings. The molecule has 3 heteroatoms. The van der Waals surface area contributed by atoms with Crippen molar-refractivity contribution in [2.24, 2.45) is 0 Å². The highest BCUT2D eigenvalue weighted by molar-refractivity contribution is 4.97. The standard InChI is InChI=1S/C9H17NO2/c1-11-8-7-10-5-4-9(8)3-2-6-12-9/h8,10H,2-7H2,1H3. The minimum atomic E-state index is 0.0556. The molecule has 3 nitrogen and oxygen atoms in total. The normalized spacial score (nSPS) is 42.2. The molecule has 70 valence electrons. The molecule has 0 amide bonds. The van der Waals surface area contributed by atoms with Crippen LogP contribution >= 0.6 is 0 Å². The first-order valence-electron chi connectivity index (χ1n) is 4.75. The van der Waals surface area contributed by atoms with Crippen LogP contribution in [0.3, 0.4) is 0 Å². The van der Waals surface area contributed by atoms with Crippen LogP contribution in [-0.4, -0.2) is 38.5 Å². The van der Waals surface area contributed by atoms with Crippen LogP contribution in [0.4, 0.5) is 0 Å². The molecular formula is C9H17NO2. The molecule has 0 radical (unpaired) electrons. The summed E-state index contributed by atoms with van der Waals surface area (Å²) in [6, 6.07) is 0. The molecule has 2 atom stereocenters. The summed E-state index contributed by atoms with van der Waals surface area (Å²) in [5, 5.41) is 3.33. The zero-order chi connectivity index (χ0) is 8.44. The van der Waals surface area contributed by atoms with Crippen LogP contribution in [0.15, 0.2) is 0 Å². The van der Waals surface area contributed by atoms with Crippen LogP contribution in [0.1, 0.15) is 19.3 Å². The maximum absolute atomic E-state index is 5.82. The topological polar surface area (TPSA) is 30.5 Å². The summed E-state index contributed by atoms with van der Waals surface area (Å²) in [4.78, 5) is 0. The van der Waals surface area contributed by atoms with Crippen LogP contribution in [0.25, 0.3) is 0 Å². The van der Waals surface area contributed by atoms with Gasteiger partial charge in [-0.3, -0.25) is 0 Å². The van der Waals surface area contributed by atoms with Crippen molar-refractivity contribution in [2.75, 3.05) is 26.8 Å². The zero-order valence-corrected chi connectivity index (χ0v) is 7.64. The monoisotopic (exact) mass is 171 g/mol. The third kappa shape index (κ3) is 1.26. The lowest BCUT2D eigenvalue weighted by Gasteiger charge is -2.39. The predicted molar refractivity (Wildman–Crippen MR) is 46.2 cm³/mol. The number of ether oxygens (including phenoxy) is 2. The highest BCUT2D eigenvalue weighted by Gasteiger charge is 2.44. The van der Waals surface area contributed by atoms with Gasteiger partial charge in [-0.05, 0) is 25.8 Å². The summed E-state index contributed by atoms with van der Waals surface area (Å²) in [7, 11) is 1.78. The quantitative estimate of drug-likeness (QED) is 0.624. The van der Waals surface area contributed by atoms with Gasteiger partial charge in [0.1, 0.15) is 0 Å². The third-order valence-electron chi connectivity index (χ3n) is 3.06. The van der Waals surface area contributed by atoms with Gasteiger partial charge in [0, 0.05) is 20.3 Å². The lowest BCUT2D eigenvalue weighted by atomic mass is 9.87. The van der Waals surface area contributed by atoms with E-state index < -0.39 is 0 Å². The fourth-order valence-corrected chi connectivity index (χ4v) is 2.35. The minimum Gasteiger partial charge on any atom is -0.377 e. The Morgan fingerprint density at radius 3 is 3.08 bits per heavy atom. The van der Waals surface area contributed by atoms with E-state index in [4.69, 9.17) is 9.47 Å². The van der Waals surface area contributed by atoms with Crippen LogP contribution in [-0.2, 0) is 9.47 Å². The van der Waals surface area contributed by atoms with E-state index in [9.17, 15) is 0 Å². The summed E-state index contributed by atoms with van der Waals surface area (Å²) in [6.45, 7) is 2.93. The van der Waals surface area contributed by atoms with Crippen molar-refractivity contribution in [3.63, 3.8) is 0 Å². The van der Waals surface area contributed by atoms with Gasteiger partial charge in [-0.15, -0.1) is 0 Å². The fourth-order valence-electron chi connectivity index (χ4n) is 2.35. The van der Waals surface area contributed by atoms with Crippen molar-refractivity contribution in [3.8, 4) is 0 Å². The molecule has 2 aliphatic heterocycles. The molecule has 2 rings (SSSR count). The number of hydrogen-bond donors (Lipinski definition) is 1. The molecule has 2 fully saturated rings. The summed E-state index contributed by atoms with van der Waals surface area (Å²) >= 11 is 0. The first kappa shape index (κ1) is 8.48. The Morgan fingerprint density at radius 1 is 1.50 bits per heavy atom. The Bertz CT molecular complexity index is 155. The molecule has 2 unspecified atom stereocenters. The predicted octanol–water partition coefficient (Wildman–Crippen LogP) is 0.544. The molecule has 0 bridgehead atoms. The third-order valence-corrected chi connectivity index (χ3v) is 3.06. The van der Waals surface area contributed by atoms with E-state index in [1.165, 1.54) is 12.8 Å². The van der Waals surface area contributed by atoms with Crippen LogP contribution in [0, 0.1) is 0 Å². The van der Waals surface area contributed by atoms with E-state index in [1.807, 2.05) is 0 Å². The van der Waals surface area contributed by atoms with E-state index in [-0.39, 0.29) is 11.7 Å². The molecule has 2 aliphatic rings. The van der Waals surface area contributed by atoms with Crippen molar-refractivity contribution >= 4 is 0 Å². The van der Waals surface area contributed by atoms with Gasteiger partial charge in [0.25, 0.3) is 0 Å². The number of rotatable bonds is 1. The first-order chi connectivity index (χ1) is 5.87. The number of hydrogen-bond acceptors (Lipinski definition) is 3. The van der Waals surface area contributed by atoms with Crippen molar-refractivity contribution in [3.05, 3.63) is 0 Å². The van der Waals surface area contributed by atoms with Gasteiger partial charge in [-0.1, -0.05) is 0 Å². The Hall–Kier alpha value is -0.120. The largest absolute Gasteiger partial charge is 0.377 e. The number of nitrogens with one attached hydrogen (secondary N) is 1. The first-order valence-corrected chi connectivity index (χ1v) is 4.75. The Morgan fingerprint density at radius 2 is 2.42 bits per heavy atom. The van der Waals surface area contributed by atoms with E-state index in [2.05, 4.69) is 5.32 Å². The Kier molecular flexibility index (Phi) is 2.35. The number of piperidine rings is 1. The fraction of sp³-hybridized carbons (Fsp3) is 1.00. The summed E-state index contributed by atoms with van der Waals surface area (Å²) in [5.74, 6) is 0. The molecular weight excluding hydrogens is 154 g/mol. The van der Waals surface area contributed by atoms with Gasteiger partial charge >= 0.3 is 0 Å². The van der Waals surface area contributed by atoms with Crippen molar-refractivity contribution < 1.29 is 9.47 Å². The summed E-state index contributed by atoms with van der Waals surface area (Å²) in [5.41, 5.74) is 0.0556. The van der Waals surface area contributed by atoms with Gasteiger partial charge in [-0.25, -0.2) is 0 Å². The van der Waals surface area contributed by atoms with E-state index in [0.717, 1.165) is 26.1 Å². The molecule has 0 aromatic carbocycles. The lowest BCUT2D eigenvalue weighted by molar-refractivity contribution is -0.120. The molecule has 0 saturated carbocycles. The molecule has 2 heterocycles.